The minimum absolute atomic E-state index is 0.116. The molecule has 4 rings (SSSR count). The van der Waals surface area contributed by atoms with Crippen LogP contribution in [0, 0.1) is 5.82 Å². The van der Waals surface area contributed by atoms with Crippen molar-refractivity contribution >= 4 is 25.2 Å². The standard InChI is InChI=1S/C31H44FN3O4Si/c1-9-24-27-25(34(6)33-24)20-37-18-12-11-17-35-28-22(15-16-23(32)26(27)28)21(29(35)30(36)38-10-2)14-13-19-39-40(7,8)31(3,4)5/h11-12,15-16H,9-10,13-14,17-20H2,1-8H3/b12-11-. The van der Waals surface area contributed by atoms with Gasteiger partial charge in [-0.15, -0.1) is 0 Å². The Hall–Kier alpha value is -2.75. The lowest BCUT2D eigenvalue weighted by Gasteiger charge is -2.36. The first-order valence-electron chi connectivity index (χ1n) is 14.3. The van der Waals surface area contributed by atoms with Gasteiger partial charge in [-0.05, 0) is 62.0 Å². The van der Waals surface area contributed by atoms with Crippen molar-refractivity contribution in [3.8, 4) is 11.1 Å². The number of rotatable bonds is 8. The number of carbonyl (C=O) groups excluding carboxylic acids is 1. The third-order valence-electron chi connectivity index (χ3n) is 8.32. The number of carbonyl (C=O) groups is 1. The Morgan fingerprint density at radius 1 is 1.18 bits per heavy atom. The highest BCUT2D eigenvalue weighted by molar-refractivity contribution is 6.74. The lowest BCUT2D eigenvalue weighted by Crippen LogP contribution is -2.41. The fraction of sp³-hybridized carbons (Fsp3) is 0.548. The lowest BCUT2D eigenvalue weighted by atomic mass is 9.96. The monoisotopic (exact) mass is 569 g/mol. The highest BCUT2D eigenvalue weighted by Gasteiger charge is 2.37. The number of hydrogen-bond acceptors (Lipinski definition) is 5. The summed E-state index contributed by atoms with van der Waals surface area (Å²) >= 11 is 0. The number of halogens is 1. The molecule has 9 heteroatoms. The Morgan fingerprint density at radius 2 is 1.93 bits per heavy atom. The molecule has 7 nitrogen and oxygen atoms in total. The average Bonchev–Trinajstić information content (AvgIpc) is 3.35. The maximum absolute atomic E-state index is 16.0. The van der Waals surface area contributed by atoms with Crippen LogP contribution in [0.3, 0.4) is 0 Å². The van der Waals surface area contributed by atoms with E-state index in [4.69, 9.17) is 19.0 Å². The van der Waals surface area contributed by atoms with Gasteiger partial charge in [-0.25, -0.2) is 9.18 Å². The molecular weight excluding hydrogens is 525 g/mol. The number of hydrogen-bond donors (Lipinski definition) is 0. The summed E-state index contributed by atoms with van der Waals surface area (Å²) in [5.41, 5.74) is 4.87. The van der Waals surface area contributed by atoms with Crippen LogP contribution in [0.25, 0.3) is 22.0 Å². The molecule has 0 atom stereocenters. The first-order valence-corrected chi connectivity index (χ1v) is 17.3. The number of nitrogens with zero attached hydrogens (tertiary/aromatic N) is 3. The Bertz CT molecular complexity index is 1410. The van der Waals surface area contributed by atoms with Crippen LogP contribution >= 0.6 is 0 Å². The Kier molecular flexibility index (Phi) is 9.07. The van der Waals surface area contributed by atoms with Crippen LogP contribution < -0.4 is 0 Å². The average molecular weight is 570 g/mol. The van der Waals surface area contributed by atoms with E-state index in [0.29, 0.717) is 56.0 Å². The van der Waals surface area contributed by atoms with Gasteiger partial charge in [0.15, 0.2) is 8.32 Å². The summed E-state index contributed by atoms with van der Waals surface area (Å²) in [4.78, 5) is 13.5. The third-order valence-corrected chi connectivity index (χ3v) is 12.9. The van der Waals surface area contributed by atoms with Gasteiger partial charge in [0.1, 0.15) is 11.5 Å². The highest BCUT2D eigenvalue weighted by atomic mass is 28.4. The third kappa shape index (κ3) is 5.69. The van der Waals surface area contributed by atoms with E-state index in [1.807, 2.05) is 30.7 Å². The van der Waals surface area contributed by atoms with Crippen molar-refractivity contribution in [2.45, 2.75) is 85.2 Å². The molecule has 1 aromatic carbocycles. The molecule has 2 aromatic heterocycles. The lowest BCUT2D eigenvalue weighted by molar-refractivity contribution is 0.0513. The Morgan fingerprint density at radius 3 is 2.60 bits per heavy atom. The molecule has 0 radical (unpaired) electrons. The molecule has 0 saturated carbocycles. The molecule has 0 N–H and O–H groups in total. The van der Waals surface area contributed by atoms with Crippen LogP contribution in [0.2, 0.25) is 18.1 Å². The topological polar surface area (TPSA) is 67.5 Å². The molecular formula is C31H44FN3O4Si. The van der Waals surface area contributed by atoms with Gasteiger partial charge in [0, 0.05) is 36.7 Å². The van der Waals surface area contributed by atoms with Crippen molar-refractivity contribution in [3.05, 3.63) is 52.7 Å². The molecule has 0 aliphatic carbocycles. The molecule has 218 valence electrons. The van der Waals surface area contributed by atoms with Gasteiger partial charge in [0.2, 0.25) is 0 Å². The van der Waals surface area contributed by atoms with Gasteiger partial charge in [-0.3, -0.25) is 4.68 Å². The predicted octanol–water partition coefficient (Wildman–Crippen LogP) is 6.96. The molecule has 0 spiro atoms. The SMILES string of the molecule is CCOC(=O)c1c(CCCO[Si](C)(C)C(C)(C)C)c2ccc(F)c3c2n1C/C=C\COCc1c-3c(CC)nn1C. The second kappa shape index (κ2) is 12.0. The van der Waals surface area contributed by atoms with E-state index in [9.17, 15) is 4.79 Å². The molecule has 3 aromatic rings. The van der Waals surface area contributed by atoms with Gasteiger partial charge in [-0.1, -0.05) is 39.8 Å². The van der Waals surface area contributed by atoms with Crippen LogP contribution in [0.4, 0.5) is 4.39 Å². The smallest absolute Gasteiger partial charge is 0.355 e. The maximum atomic E-state index is 16.0. The van der Waals surface area contributed by atoms with Crippen LogP contribution in [0.1, 0.15) is 68.5 Å². The largest absolute Gasteiger partial charge is 0.461 e. The van der Waals surface area contributed by atoms with Gasteiger partial charge in [0.05, 0.1) is 36.7 Å². The second-order valence-electron chi connectivity index (χ2n) is 11.9. The fourth-order valence-electron chi connectivity index (χ4n) is 5.18. The Balaban J connectivity index is 1.93. The first-order chi connectivity index (χ1) is 18.9. The van der Waals surface area contributed by atoms with Crippen molar-refractivity contribution in [3.63, 3.8) is 0 Å². The van der Waals surface area contributed by atoms with Crippen molar-refractivity contribution in [1.29, 1.82) is 0 Å². The number of esters is 1. The molecule has 40 heavy (non-hydrogen) atoms. The van der Waals surface area contributed by atoms with E-state index in [1.54, 1.807) is 17.7 Å². The highest BCUT2D eigenvalue weighted by Crippen LogP contribution is 2.41. The predicted molar refractivity (Wildman–Crippen MR) is 160 cm³/mol. The van der Waals surface area contributed by atoms with Crippen molar-refractivity contribution in [2.24, 2.45) is 7.05 Å². The van der Waals surface area contributed by atoms with Gasteiger partial charge in [0.25, 0.3) is 0 Å². The van der Waals surface area contributed by atoms with Gasteiger partial charge < -0.3 is 18.5 Å². The quantitative estimate of drug-likeness (QED) is 0.127. The van der Waals surface area contributed by atoms with Crippen LogP contribution in [-0.4, -0.2) is 48.5 Å². The summed E-state index contributed by atoms with van der Waals surface area (Å²) in [6.45, 7) is 17.0. The van der Waals surface area contributed by atoms with E-state index in [2.05, 4.69) is 33.9 Å². The van der Waals surface area contributed by atoms with Crippen LogP contribution in [-0.2, 0) is 46.9 Å². The van der Waals surface area contributed by atoms with E-state index in [-0.39, 0.29) is 17.5 Å². The zero-order valence-electron chi connectivity index (χ0n) is 25.3. The van der Waals surface area contributed by atoms with E-state index >= 15 is 4.39 Å². The molecule has 1 aliphatic rings. The number of benzene rings is 1. The summed E-state index contributed by atoms with van der Waals surface area (Å²) in [6, 6.07) is 3.32. The molecule has 0 unspecified atom stereocenters. The zero-order chi connectivity index (χ0) is 29.2. The number of ether oxygens (including phenoxy) is 2. The molecule has 0 fully saturated rings. The second-order valence-corrected chi connectivity index (χ2v) is 16.7. The number of allylic oxidation sites excluding steroid dienone is 1. The number of fused-ring (bicyclic) bond motifs is 2. The fourth-order valence-corrected chi connectivity index (χ4v) is 6.27. The molecule has 3 heterocycles. The van der Waals surface area contributed by atoms with E-state index in [1.165, 1.54) is 6.07 Å². The summed E-state index contributed by atoms with van der Waals surface area (Å²) in [7, 11) is -0.0399. The summed E-state index contributed by atoms with van der Waals surface area (Å²) in [6.07, 6.45) is 5.91. The minimum atomic E-state index is -1.91. The molecule has 0 saturated heterocycles. The van der Waals surface area contributed by atoms with E-state index < -0.39 is 14.3 Å². The number of aromatic nitrogens is 3. The molecule has 0 amide bonds. The first kappa shape index (κ1) is 30.2. The summed E-state index contributed by atoms with van der Waals surface area (Å²) in [5, 5.41) is 5.69. The number of aryl methyl sites for hydroxylation is 3. The van der Waals surface area contributed by atoms with Gasteiger partial charge in [-0.2, -0.15) is 5.10 Å². The molecule has 0 bridgehead atoms. The Labute approximate surface area is 238 Å². The molecule has 1 aliphatic heterocycles. The van der Waals surface area contributed by atoms with Crippen molar-refractivity contribution in [2.75, 3.05) is 19.8 Å². The summed E-state index contributed by atoms with van der Waals surface area (Å²) in [5.74, 6) is -0.742. The van der Waals surface area contributed by atoms with E-state index in [0.717, 1.165) is 34.3 Å². The van der Waals surface area contributed by atoms with Crippen LogP contribution in [0.15, 0.2) is 24.3 Å². The minimum Gasteiger partial charge on any atom is -0.461 e. The zero-order valence-corrected chi connectivity index (χ0v) is 26.3. The maximum Gasteiger partial charge on any atom is 0.355 e. The van der Waals surface area contributed by atoms with Gasteiger partial charge >= 0.3 is 5.97 Å². The normalized spacial score (nSPS) is 15.1. The van der Waals surface area contributed by atoms with Crippen LogP contribution in [0.5, 0.6) is 0 Å². The van der Waals surface area contributed by atoms with Crippen molar-refractivity contribution in [1.82, 2.24) is 14.3 Å². The van der Waals surface area contributed by atoms with Crippen molar-refractivity contribution < 1.29 is 23.1 Å². The summed E-state index contributed by atoms with van der Waals surface area (Å²) < 4.78 is 37.6.